The van der Waals surface area contributed by atoms with E-state index in [4.69, 9.17) is 34.6 Å². The molecule has 15 heteroatoms. The monoisotopic (exact) mass is 887 g/mol. The lowest BCUT2D eigenvalue weighted by Gasteiger charge is -2.45. The summed E-state index contributed by atoms with van der Waals surface area (Å²) in [5, 5.41) is 15.2. The molecule has 0 spiro atoms. The molecule has 0 bridgehead atoms. The van der Waals surface area contributed by atoms with Crippen LogP contribution in [0.25, 0.3) is 4.85 Å². The van der Waals surface area contributed by atoms with Crippen LogP contribution in [0, 0.1) is 35.7 Å². The number of piperidine rings is 1. The quantitative estimate of drug-likeness (QED) is 0.0339. The van der Waals surface area contributed by atoms with Crippen molar-refractivity contribution >= 4 is 28.8 Å². The number of carbonyl (C=O) groups excluding carboxylic acids is 2. The van der Waals surface area contributed by atoms with Crippen molar-refractivity contribution in [1.82, 2.24) is 24.2 Å². The molecule has 60 heavy (non-hydrogen) atoms. The highest BCUT2D eigenvalue weighted by molar-refractivity contribution is 7.47. The summed E-state index contributed by atoms with van der Waals surface area (Å²) in [6, 6.07) is 4.31. The van der Waals surface area contributed by atoms with Crippen LogP contribution in [0.5, 0.6) is 0 Å². The molecule has 1 saturated heterocycles. The molecule has 1 aliphatic rings. The summed E-state index contributed by atoms with van der Waals surface area (Å²) >= 11 is 0. The first-order valence-corrected chi connectivity index (χ1v) is 24.4. The van der Waals surface area contributed by atoms with Crippen LogP contribution in [0.3, 0.4) is 0 Å². The van der Waals surface area contributed by atoms with Gasteiger partial charge in [0.2, 0.25) is 19.8 Å². The van der Waals surface area contributed by atoms with Crippen LogP contribution >= 0.6 is 17.0 Å². The van der Waals surface area contributed by atoms with E-state index in [2.05, 4.69) is 124 Å². The number of rotatable bonds is 28. The zero-order valence-corrected chi connectivity index (χ0v) is 41.8. The van der Waals surface area contributed by atoms with Gasteiger partial charge < -0.3 is 33.7 Å². The maximum atomic E-state index is 12.8. The van der Waals surface area contributed by atoms with Gasteiger partial charge >= 0.3 is 0 Å². The summed E-state index contributed by atoms with van der Waals surface area (Å²) in [6.07, 6.45) is 13.2. The van der Waals surface area contributed by atoms with E-state index < -0.39 is 17.0 Å². The second-order valence-corrected chi connectivity index (χ2v) is 20.0. The van der Waals surface area contributed by atoms with Gasteiger partial charge in [-0.1, -0.05) is 13.3 Å². The zero-order chi connectivity index (χ0) is 47.7. The normalized spacial score (nSPS) is 14.8. The third-order valence-corrected chi connectivity index (χ3v) is 14.7. The molecule has 13 nitrogen and oxygen atoms in total. The summed E-state index contributed by atoms with van der Waals surface area (Å²) in [5.41, 5.74) is -0.292. The van der Waals surface area contributed by atoms with Crippen molar-refractivity contribution in [1.29, 1.82) is 6.69 Å². The Morgan fingerprint density at radius 3 is 1.87 bits per heavy atom. The van der Waals surface area contributed by atoms with Gasteiger partial charge in [-0.15, -0.1) is 12.3 Å². The fourth-order valence-corrected chi connectivity index (χ4v) is 10.9. The van der Waals surface area contributed by atoms with Gasteiger partial charge in [-0.3, -0.25) is 9.59 Å². The van der Waals surface area contributed by atoms with Gasteiger partial charge in [-0.25, -0.2) is 20.6 Å². The van der Waals surface area contributed by atoms with Crippen LogP contribution in [-0.2, 0) is 23.2 Å². The standard InChI is InChI=1S/C29H51N4O4P.C15H32N3OP.CH4O/c1-8-9-10-12-15-27(34)31-19-14-11-13-16-28(35)32-21-17-29(6,18-22-32)24-37-38(36-23-20-30-7)33(25(2)3)26(4)5;1-12(2)17(13(3)4)20(19-11-9-10-16)18(14(5)6)15(7)8;1-2/h1,25-26H,9-24H2,2-6H3,(H,31,34);12-15H,9,11H2,1-8H3;2H,1H3/i6D;;2T. The summed E-state index contributed by atoms with van der Waals surface area (Å²) in [7, 11) is -0.880. The van der Waals surface area contributed by atoms with Crippen LogP contribution in [-0.4, -0.2) is 127 Å². The minimum absolute atomic E-state index is 0.0712. The van der Waals surface area contributed by atoms with E-state index in [1.54, 1.807) is 0 Å². The van der Waals surface area contributed by atoms with Gasteiger partial charge in [0.1, 0.15) is 6.61 Å². The largest absolute Gasteiger partial charge is 0.400 e. The van der Waals surface area contributed by atoms with Crippen molar-refractivity contribution in [3.63, 3.8) is 0 Å². The van der Waals surface area contributed by atoms with Crippen molar-refractivity contribution in [2.24, 2.45) is 5.41 Å². The highest BCUT2D eigenvalue weighted by Crippen LogP contribution is 2.51. The topological polar surface area (TPSA) is 135 Å². The Labute approximate surface area is 373 Å². The highest BCUT2D eigenvalue weighted by Gasteiger charge is 2.36. The molecule has 1 unspecified atom stereocenters. The number of nitrogens with one attached hydrogen (secondary N) is 1. The molecule has 2 amide bonds. The Kier molecular flexibility index (Phi) is 33.2. The molecule has 1 fully saturated rings. The van der Waals surface area contributed by atoms with Gasteiger partial charge in [0.15, 0.2) is 8.45 Å². The van der Waals surface area contributed by atoms with E-state index in [0.29, 0.717) is 95.9 Å². The molecule has 0 saturated carbocycles. The Balaban J connectivity index is 0. The third-order valence-electron chi connectivity index (χ3n) is 9.61. The first kappa shape index (κ1) is 56.1. The van der Waals surface area contributed by atoms with Crippen molar-refractivity contribution in [3.8, 4) is 18.4 Å². The molecule has 2 N–H and O–H groups in total. The number of nitrogens with zero attached hydrogens (tertiary/aromatic N) is 6. The number of hydrogen-bond donors (Lipinski definition) is 2. The van der Waals surface area contributed by atoms with Crippen LogP contribution in [0.2, 0.25) is 0 Å². The van der Waals surface area contributed by atoms with E-state index >= 15 is 0 Å². The first-order chi connectivity index (χ1) is 29.3. The summed E-state index contributed by atoms with van der Waals surface area (Å²) in [6.45, 7) is 36.9. The number of unbranched alkanes of at least 4 members (excludes halogenated alkanes) is 4. The predicted molar refractivity (Wildman–Crippen MR) is 251 cm³/mol. The lowest BCUT2D eigenvalue weighted by atomic mass is 9.81. The molecular formula is C45H87N7O6P2. The Bertz CT molecular complexity index is 1240. The molecular weight excluding hydrogens is 796 g/mol. The van der Waals surface area contributed by atoms with Crippen molar-refractivity contribution < 1.29 is 29.6 Å². The molecule has 1 atom stereocenters. The third kappa shape index (κ3) is 25.9. The average molecular weight is 887 g/mol. The van der Waals surface area contributed by atoms with E-state index in [1.807, 2.05) is 4.90 Å². The Morgan fingerprint density at radius 1 is 0.867 bits per heavy atom. The van der Waals surface area contributed by atoms with Crippen LogP contribution in [0.1, 0.15) is 162 Å². The maximum absolute atomic E-state index is 12.8. The van der Waals surface area contributed by atoms with Gasteiger partial charge in [-0.2, -0.15) is 5.26 Å². The van der Waals surface area contributed by atoms with Crippen LogP contribution < -0.4 is 5.32 Å². The molecule has 1 aliphatic heterocycles. The van der Waals surface area contributed by atoms with Crippen molar-refractivity contribution in [2.75, 3.05) is 53.1 Å². The maximum Gasteiger partial charge on any atom is 0.259 e. The summed E-state index contributed by atoms with van der Waals surface area (Å²) in [5.74, 6) is 2.83. The Morgan fingerprint density at radius 2 is 1.40 bits per heavy atom. The molecule has 0 radical (unpaired) electrons. The average Bonchev–Trinajstić information content (AvgIpc) is 3.19. The van der Waals surface area contributed by atoms with E-state index in [1.165, 1.54) is 7.11 Å². The molecule has 0 aromatic rings. The number of aliphatic hydroxyl groups is 1. The SMILES string of the molecule is CC(C)N(C(C)C)P(OCCC#N)N(C(C)C)C(C)C.[2H]CC1(COP(OCC[N+]#[C-])N(C(C)C)C(C)C)CCN(C(=O)CCCCCNC(=O)CCCCC#C)CC1.[3H]OC. The molecule has 0 aromatic heterocycles. The van der Waals surface area contributed by atoms with Crippen molar-refractivity contribution in [3.05, 3.63) is 11.4 Å². The molecule has 1 heterocycles. The number of aliphatic hydroxyl groups excluding tert-OH is 1. The predicted octanol–water partition coefficient (Wildman–Crippen LogP) is 9.77. The minimum atomic E-state index is -1.33. The molecule has 1 rings (SSSR count). The fraction of sp³-hybridized carbons (Fsp3) is 0.867. The number of likely N-dealkylation sites (tertiary alicyclic amines) is 1. The molecule has 348 valence electrons. The van der Waals surface area contributed by atoms with E-state index in [0.717, 1.165) is 44.9 Å². The second-order valence-electron chi connectivity index (χ2n) is 16.9. The molecule has 0 aliphatic carbocycles. The van der Waals surface area contributed by atoms with E-state index in [9.17, 15) is 9.59 Å². The summed E-state index contributed by atoms with van der Waals surface area (Å²) in [4.78, 5) is 29.9. The number of terminal acetylenes is 1. The highest BCUT2D eigenvalue weighted by atomic mass is 31.2. The lowest BCUT2D eigenvalue weighted by Crippen LogP contribution is -2.44. The lowest BCUT2D eigenvalue weighted by molar-refractivity contribution is -0.134. The van der Waals surface area contributed by atoms with Gasteiger partial charge in [0.05, 0.1) is 25.7 Å². The minimum Gasteiger partial charge on any atom is -0.400 e. The van der Waals surface area contributed by atoms with Gasteiger partial charge in [-0.05, 0) is 127 Å². The summed E-state index contributed by atoms with van der Waals surface area (Å²) < 4.78 is 39.6. The number of amides is 2. The second kappa shape index (κ2) is 35.5. The van der Waals surface area contributed by atoms with Gasteiger partial charge in [0, 0.05) is 83.6 Å². The number of carbonyl (C=O) groups is 2. The smallest absolute Gasteiger partial charge is 0.259 e. The van der Waals surface area contributed by atoms with Crippen LogP contribution in [0.15, 0.2) is 0 Å². The number of nitriles is 1. The van der Waals surface area contributed by atoms with Crippen molar-refractivity contribution in [2.45, 2.75) is 197 Å². The zero-order valence-electron chi connectivity index (χ0n) is 42.0. The van der Waals surface area contributed by atoms with Crippen LogP contribution in [0.4, 0.5) is 0 Å². The molecule has 0 aromatic carbocycles. The Hall–Kier alpha value is -1.94. The first-order valence-electron chi connectivity index (χ1n) is 23.3. The number of hydrogen-bond acceptors (Lipinski definition) is 10. The van der Waals surface area contributed by atoms with Gasteiger partial charge in [0.25, 0.3) is 8.53 Å². The fourth-order valence-electron chi connectivity index (χ4n) is 6.85. The van der Waals surface area contributed by atoms with E-state index in [-0.39, 0.29) is 36.2 Å².